The van der Waals surface area contributed by atoms with E-state index in [1.807, 2.05) is 17.5 Å². The lowest BCUT2D eigenvalue weighted by Gasteiger charge is -2.07. The number of rotatable bonds is 4. The Balaban J connectivity index is 1.57. The highest BCUT2D eigenvalue weighted by Gasteiger charge is 2.22. The van der Waals surface area contributed by atoms with Gasteiger partial charge in [0.1, 0.15) is 6.26 Å². The van der Waals surface area contributed by atoms with E-state index in [4.69, 9.17) is 4.42 Å². The molecule has 1 aliphatic heterocycles. The minimum absolute atomic E-state index is 0.0867. The molecule has 2 aromatic rings. The molecule has 2 N–H and O–H groups in total. The van der Waals surface area contributed by atoms with Gasteiger partial charge in [-0.25, -0.2) is 4.98 Å². The predicted octanol–water partition coefficient (Wildman–Crippen LogP) is 1.63. The van der Waals surface area contributed by atoms with Gasteiger partial charge in [0.15, 0.2) is 0 Å². The first kappa shape index (κ1) is 12.4. The fourth-order valence-electron chi connectivity index (χ4n) is 2.10. The van der Waals surface area contributed by atoms with Crippen molar-refractivity contribution in [3.05, 3.63) is 29.5 Å². The third-order valence-electron chi connectivity index (χ3n) is 3.16. The Labute approximate surface area is 115 Å². The van der Waals surface area contributed by atoms with Crippen LogP contribution in [0.15, 0.2) is 28.2 Å². The maximum absolute atomic E-state index is 11.8. The molecule has 0 radical (unpaired) electrons. The van der Waals surface area contributed by atoms with Gasteiger partial charge in [0, 0.05) is 6.54 Å². The Morgan fingerprint density at radius 1 is 1.63 bits per heavy atom. The maximum Gasteiger partial charge on any atom is 0.236 e. The number of carbonyl (C=O) groups excluding carboxylic acids is 1. The lowest BCUT2D eigenvalue weighted by molar-refractivity contribution is -0.124. The smallest absolute Gasteiger partial charge is 0.236 e. The van der Waals surface area contributed by atoms with Gasteiger partial charge in [0.2, 0.25) is 11.8 Å². The van der Waals surface area contributed by atoms with E-state index in [9.17, 15) is 4.79 Å². The van der Waals surface area contributed by atoms with Crippen molar-refractivity contribution in [1.29, 1.82) is 0 Å². The highest BCUT2D eigenvalue weighted by Crippen LogP contribution is 2.23. The molecule has 2 aromatic heterocycles. The molecule has 1 aliphatic rings. The molecule has 1 atom stereocenters. The van der Waals surface area contributed by atoms with E-state index < -0.39 is 0 Å². The standard InChI is InChI=1S/C13H15N3O2S/c17-12(9-3-4-14-6-9)15-7-10-8-18-13(16-10)11-2-1-5-19-11/h1-2,5,8-9,14H,3-4,6-7H2,(H,15,17). The molecule has 0 aromatic carbocycles. The van der Waals surface area contributed by atoms with Crippen LogP contribution in [0, 0.1) is 5.92 Å². The first-order chi connectivity index (χ1) is 9.33. The van der Waals surface area contributed by atoms with Gasteiger partial charge < -0.3 is 15.1 Å². The fraction of sp³-hybridized carbons (Fsp3) is 0.385. The number of carbonyl (C=O) groups is 1. The van der Waals surface area contributed by atoms with Crippen LogP contribution in [0.2, 0.25) is 0 Å². The van der Waals surface area contributed by atoms with Crippen LogP contribution in [-0.2, 0) is 11.3 Å². The zero-order chi connectivity index (χ0) is 13.1. The van der Waals surface area contributed by atoms with Crippen LogP contribution >= 0.6 is 11.3 Å². The summed E-state index contributed by atoms with van der Waals surface area (Å²) < 4.78 is 5.40. The summed E-state index contributed by atoms with van der Waals surface area (Å²) >= 11 is 1.58. The van der Waals surface area contributed by atoms with E-state index in [1.54, 1.807) is 17.6 Å². The average Bonchev–Trinajstić information content (AvgIpc) is 3.14. The lowest BCUT2D eigenvalue weighted by atomic mass is 10.1. The molecule has 3 heterocycles. The van der Waals surface area contributed by atoms with Crippen LogP contribution in [0.5, 0.6) is 0 Å². The molecular weight excluding hydrogens is 262 g/mol. The largest absolute Gasteiger partial charge is 0.443 e. The summed E-state index contributed by atoms with van der Waals surface area (Å²) in [6, 6.07) is 3.92. The fourth-order valence-corrected chi connectivity index (χ4v) is 2.76. The van der Waals surface area contributed by atoms with Gasteiger partial charge in [-0.3, -0.25) is 4.79 Å². The number of amides is 1. The van der Waals surface area contributed by atoms with Gasteiger partial charge >= 0.3 is 0 Å². The minimum atomic E-state index is 0.0867. The van der Waals surface area contributed by atoms with E-state index in [-0.39, 0.29) is 11.8 Å². The molecular formula is C13H15N3O2S. The van der Waals surface area contributed by atoms with Crippen LogP contribution in [0.3, 0.4) is 0 Å². The number of nitrogens with one attached hydrogen (secondary N) is 2. The Bertz CT molecular complexity index is 544. The van der Waals surface area contributed by atoms with E-state index >= 15 is 0 Å². The van der Waals surface area contributed by atoms with Gasteiger partial charge in [-0.2, -0.15) is 0 Å². The number of nitrogens with zero attached hydrogens (tertiary/aromatic N) is 1. The topological polar surface area (TPSA) is 67.2 Å². The van der Waals surface area contributed by atoms with Crippen LogP contribution in [0.25, 0.3) is 10.8 Å². The van der Waals surface area contributed by atoms with Crippen LogP contribution in [0.1, 0.15) is 12.1 Å². The van der Waals surface area contributed by atoms with Crippen molar-refractivity contribution in [2.24, 2.45) is 5.92 Å². The van der Waals surface area contributed by atoms with Crippen molar-refractivity contribution in [1.82, 2.24) is 15.6 Å². The molecule has 1 fully saturated rings. The first-order valence-electron chi connectivity index (χ1n) is 6.29. The number of aromatic nitrogens is 1. The molecule has 1 unspecified atom stereocenters. The normalized spacial score (nSPS) is 18.6. The third-order valence-corrected chi connectivity index (χ3v) is 4.02. The van der Waals surface area contributed by atoms with Crippen molar-refractivity contribution in [3.63, 3.8) is 0 Å². The number of thiophene rings is 1. The molecule has 0 spiro atoms. The molecule has 0 bridgehead atoms. The summed E-state index contributed by atoms with van der Waals surface area (Å²) in [5.74, 6) is 0.788. The average molecular weight is 277 g/mol. The van der Waals surface area contributed by atoms with E-state index in [0.717, 1.165) is 30.1 Å². The second-order valence-corrected chi connectivity index (χ2v) is 5.48. The van der Waals surface area contributed by atoms with Crippen molar-refractivity contribution in [2.45, 2.75) is 13.0 Å². The molecule has 0 saturated carbocycles. The summed E-state index contributed by atoms with van der Waals surface area (Å²) in [6.07, 6.45) is 2.51. The molecule has 100 valence electrons. The number of hydrogen-bond donors (Lipinski definition) is 2. The zero-order valence-corrected chi connectivity index (χ0v) is 11.2. The predicted molar refractivity (Wildman–Crippen MR) is 72.6 cm³/mol. The molecule has 1 amide bonds. The van der Waals surface area contributed by atoms with Crippen molar-refractivity contribution in [3.8, 4) is 10.8 Å². The van der Waals surface area contributed by atoms with Crippen LogP contribution in [0.4, 0.5) is 0 Å². The zero-order valence-electron chi connectivity index (χ0n) is 10.4. The third kappa shape index (κ3) is 2.85. The second kappa shape index (κ2) is 5.54. The summed E-state index contributed by atoms with van der Waals surface area (Å²) in [5.41, 5.74) is 0.753. The highest BCUT2D eigenvalue weighted by molar-refractivity contribution is 7.13. The van der Waals surface area contributed by atoms with Crippen molar-refractivity contribution < 1.29 is 9.21 Å². The summed E-state index contributed by atoms with van der Waals surface area (Å²) in [6.45, 7) is 2.11. The molecule has 1 saturated heterocycles. The van der Waals surface area contributed by atoms with E-state index in [2.05, 4.69) is 15.6 Å². The van der Waals surface area contributed by atoms with Crippen molar-refractivity contribution in [2.75, 3.05) is 13.1 Å². The summed E-state index contributed by atoms with van der Waals surface area (Å²) in [5, 5.41) is 8.06. The monoisotopic (exact) mass is 277 g/mol. The second-order valence-electron chi connectivity index (χ2n) is 4.53. The first-order valence-corrected chi connectivity index (χ1v) is 7.17. The highest BCUT2D eigenvalue weighted by atomic mass is 32.1. The Hall–Kier alpha value is -1.66. The maximum atomic E-state index is 11.8. The Kier molecular flexibility index (Phi) is 3.61. The quantitative estimate of drug-likeness (QED) is 0.891. The number of hydrogen-bond acceptors (Lipinski definition) is 5. The molecule has 3 rings (SSSR count). The Morgan fingerprint density at radius 3 is 3.32 bits per heavy atom. The van der Waals surface area contributed by atoms with Gasteiger partial charge in [0.25, 0.3) is 0 Å². The SMILES string of the molecule is O=C(NCc1coc(-c2cccs2)n1)C1CCNC1. The minimum Gasteiger partial charge on any atom is -0.443 e. The van der Waals surface area contributed by atoms with Gasteiger partial charge in [-0.05, 0) is 24.4 Å². The summed E-state index contributed by atoms with van der Waals surface area (Å²) in [7, 11) is 0. The molecule has 19 heavy (non-hydrogen) atoms. The lowest BCUT2D eigenvalue weighted by Crippen LogP contribution is -2.31. The van der Waals surface area contributed by atoms with Gasteiger partial charge in [0.05, 0.1) is 23.0 Å². The van der Waals surface area contributed by atoms with Crippen molar-refractivity contribution >= 4 is 17.2 Å². The van der Waals surface area contributed by atoms with E-state index in [1.165, 1.54) is 0 Å². The Morgan fingerprint density at radius 2 is 2.58 bits per heavy atom. The van der Waals surface area contributed by atoms with Gasteiger partial charge in [-0.15, -0.1) is 11.3 Å². The summed E-state index contributed by atoms with van der Waals surface area (Å²) in [4.78, 5) is 17.2. The van der Waals surface area contributed by atoms with Crippen LogP contribution < -0.4 is 10.6 Å². The molecule has 5 nitrogen and oxygen atoms in total. The molecule has 0 aliphatic carbocycles. The number of oxazole rings is 1. The van der Waals surface area contributed by atoms with Crippen LogP contribution in [-0.4, -0.2) is 24.0 Å². The van der Waals surface area contributed by atoms with E-state index in [0.29, 0.717) is 12.4 Å². The van der Waals surface area contributed by atoms with Gasteiger partial charge in [-0.1, -0.05) is 6.07 Å². The molecule has 6 heteroatoms.